The fourth-order valence-electron chi connectivity index (χ4n) is 5.41. The van der Waals surface area contributed by atoms with Crippen LogP contribution in [-0.2, 0) is 22.6 Å². The van der Waals surface area contributed by atoms with Gasteiger partial charge in [0.2, 0.25) is 5.91 Å². The molecule has 2 heterocycles. The Morgan fingerprint density at radius 3 is 2.50 bits per heavy atom. The molecule has 0 bridgehead atoms. The molecule has 4 heteroatoms. The van der Waals surface area contributed by atoms with Crippen molar-refractivity contribution in [3.8, 4) is 0 Å². The molecule has 0 N–H and O–H groups in total. The molecule has 3 fully saturated rings. The van der Waals surface area contributed by atoms with Crippen molar-refractivity contribution in [2.45, 2.75) is 90.9 Å². The van der Waals surface area contributed by atoms with Crippen molar-refractivity contribution in [1.29, 1.82) is 0 Å². The zero-order chi connectivity index (χ0) is 21.3. The van der Waals surface area contributed by atoms with Crippen LogP contribution in [0.25, 0.3) is 0 Å². The Kier molecular flexibility index (Phi) is 4.74. The Morgan fingerprint density at radius 1 is 1.13 bits per heavy atom. The van der Waals surface area contributed by atoms with Gasteiger partial charge in [0.1, 0.15) is 0 Å². The number of carbonyl (C=O) groups excluding carboxylic acids is 1. The number of ether oxygens (including phenoxy) is 1. The largest absolute Gasteiger partial charge is 0.371 e. The molecule has 0 spiro atoms. The van der Waals surface area contributed by atoms with Crippen molar-refractivity contribution < 1.29 is 9.53 Å². The van der Waals surface area contributed by atoms with Crippen molar-refractivity contribution in [3.05, 3.63) is 28.8 Å². The third-order valence-corrected chi connectivity index (χ3v) is 7.93. The third-order valence-electron chi connectivity index (χ3n) is 7.93. The lowest BCUT2D eigenvalue weighted by molar-refractivity contribution is -0.140. The van der Waals surface area contributed by atoms with Crippen LogP contribution in [0.4, 0.5) is 5.69 Å². The molecule has 1 aromatic carbocycles. The highest BCUT2D eigenvalue weighted by Crippen LogP contribution is 2.48. The number of nitrogens with zero attached hydrogens (tertiary/aromatic N) is 2. The van der Waals surface area contributed by atoms with Gasteiger partial charge in [-0.15, -0.1) is 0 Å². The molecule has 2 aliphatic carbocycles. The first-order chi connectivity index (χ1) is 14.2. The lowest BCUT2D eigenvalue weighted by Gasteiger charge is -2.45. The predicted molar refractivity (Wildman–Crippen MR) is 121 cm³/mol. The standard InChI is InChI=1S/C26H38N2O2/c1-17(2)23-15-27(10-11-28(23)24(29)26(5)8-9-26)20-12-19-14-25(3,4)30-16-22(19)21(13-20)18-6-7-18/h12-13,17-18,23H,6-11,14-16H2,1-5H3/t23-/m0/s1. The smallest absolute Gasteiger partial charge is 0.228 e. The maximum atomic E-state index is 13.1. The molecule has 5 rings (SSSR count). The van der Waals surface area contributed by atoms with E-state index in [4.69, 9.17) is 4.74 Å². The third kappa shape index (κ3) is 3.66. The number of carbonyl (C=O) groups is 1. The number of rotatable bonds is 4. The van der Waals surface area contributed by atoms with Gasteiger partial charge in [0.25, 0.3) is 0 Å². The molecular formula is C26H38N2O2. The summed E-state index contributed by atoms with van der Waals surface area (Å²) in [5.74, 6) is 1.58. The summed E-state index contributed by atoms with van der Waals surface area (Å²) >= 11 is 0. The Hall–Kier alpha value is -1.55. The Morgan fingerprint density at radius 2 is 1.87 bits per heavy atom. The average Bonchev–Trinajstić information content (AvgIpc) is 3.61. The van der Waals surface area contributed by atoms with Crippen LogP contribution < -0.4 is 4.90 Å². The Balaban J connectivity index is 1.43. The van der Waals surface area contributed by atoms with E-state index in [2.05, 4.69) is 56.6 Å². The summed E-state index contributed by atoms with van der Waals surface area (Å²) < 4.78 is 6.16. The van der Waals surface area contributed by atoms with E-state index >= 15 is 0 Å². The van der Waals surface area contributed by atoms with Gasteiger partial charge in [-0.1, -0.05) is 20.8 Å². The van der Waals surface area contributed by atoms with Crippen LogP contribution in [0, 0.1) is 11.3 Å². The molecule has 1 amide bonds. The minimum Gasteiger partial charge on any atom is -0.371 e. The molecule has 0 aromatic heterocycles. The number of fused-ring (bicyclic) bond motifs is 1. The zero-order valence-electron chi connectivity index (χ0n) is 19.5. The molecule has 0 radical (unpaired) electrons. The van der Waals surface area contributed by atoms with Crippen molar-refractivity contribution in [3.63, 3.8) is 0 Å². The number of hydrogen-bond donors (Lipinski definition) is 0. The van der Waals surface area contributed by atoms with E-state index in [1.165, 1.54) is 35.2 Å². The van der Waals surface area contributed by atoms with Crippen molar-refractivity contribution in [2.75, 3.05) is 24.5 Å². The van der Waals surface area contributed by atoms with E-state index < -0.39 is 0 Å². The minimum atomic E-state index is -0.0856. The van der Waals surface area contributed by atoms with E-state index in [1.54, 1.807) is 0 Å². The molecule has 0 unspecified atom stereocenters. The van der Waals surface area contributed by atoms with Crippen LogP contribution >= 0.6 is 0 Å². The summed E-state index contributed by atoms with van der Waals surface area (Å²) in [5.41, 5.74) is 5.67. The van der Waals surface area contributed by atoms with Gasteiger partial charge in [-0.3, -0.25) is 4.79 Å². The van der Waals surface area contributed by atoms with Crippen LogP contribution in [-0.4, -0.2) is 42.1 Å². The van der Waals surface area contributed by atoms with Crippen LogP contribution in [0.2, 0.25) is 0 Å². The van der Waals surface area contributed by atoms with Crippen LogP contribution in [0.15, 0.2) is 12.1 Å². The molecule has 1 aromatic rings. The lowest BCUT2D eigenvalue weighted by atomic mass is 9.87. The molecule has 4 aliphatic rings. The number of piperazine rings is 1. The van der Waals surface area contributed by atoms with Gasteiger partial charge in [-0.25, -0.2) is 0 Å². The van der Waals surface area contributed by atoms with Gasteiger partial charge in [-0.2, -0.15) is 0 Å². The van der Waals surface area contributed by atoms with Gasteiger partial charge in [0.05, 0.1) is 18.2 Å². The first-order valence-corrected chi connectivity index (χ1v) is 12.0. The average molecular weight is 411 g/mol. The van der Waals surface area contributed by atoms with E-state index in [0.29, 0.717) is 17.9 Å². The minimum absolute atomic E-state index is 0.0775. The highest BCUT2D eigenvalue weighted by molar-refractivity contribution is 5.85. The van der Waals surface area contributed by atoms with Crippen molar-refractivity contribution in [1.82, 2.24) is 4.90 Å². The normalized spacial score (nSPS) is 27.2. The molecule has 1 saturated heterocycles. The molecule has 164 valence electrons. The molecule has 30 heavy (non-hydrogen) atoms. The van der Waals surface area contributed by atoms with E-state index in [9.17, 15) is 4.79 Å². The quantitative estimate of drug-likeness (QED) is 0.709. The lowest BCUT2D eigenvalue weighted by Crippen LogP contribution is -2.58. The number of benzene rings is 1. The maximum absolute atomic E-state index is 13.1. The number of amides is 1. The summed E-state index contributed by atoms with van der Waals surface area (Å²) in [6.07, 6.45) is 5.73. The summed E-state index contributed by atoms with van der Waals surface area (Å²) in [5, 5.41) is 0. The van der Waals surface area contributed by atoms with Gasteiger partial charge >= 0.3 is 0 Å². The van der Waals surface area contributed by atoms with Crippen LogP contribution in [0.1, 0.15) is 82.9 Å². The predicted octanol–water partition coefficient (Wildman–Crippen LogP) is 4.89. The molecule has 2 aliphatic heterocycles. The summed E-state index contributed by atoms with van der Waals surface area (Å²) in [6, 6.07) is 5.18. The van der Waals surface area contributed by atoms with Gasteiger partial charge in [-0.05, 0) is 80.2 Å². The monoisotopic (exact) mass is 410 g/mol. The van der Waals surface area contributed by atoms with Crippen molar-refractivity contribution >= 4 is 11.6 Å². The number of anilines is 1. The highest BCUT2D eigenvalue weighted by atomic mass is 16.5. The van der Waals surface area contributed by atoms with Crippen LogP contribution in [0.5, 0.6) is 0 Å². The van der Waals surface area contributed by atoms with Gasteiger partial charge in [0.15, 0.2) is 0 Å². The Bertz CT molecular complexity index is 851. The maximum Gasteiger partial charge on any atom is 0.228 e. The van der Waals surface area contributed by atoms with E-state index in [0.717, 1.165) is 51.4 Å². The first-order valence-electron chi connectivity index (χ1n) is 12.0. The molecule has 2 saturated carbocycles. The van der Waals surface area contributed by atoms with E-state index in [1.807, 2.05) is 0 Å². The number of hydrogen-bond acceptors (Lipinski definition) is 3. The fraction of sp³-hybridized carbons (Fsp3) is 0.731. The molecular weight excluding hydrogens is 372 g/mol. The highest BCUT2D eigenvalue weighted by Gasteiger charge is 2.49. The Labute approximate surface area is 182 Å². The fourth-order valence-corrected chi connectivity index (χ4v) is 5.41. The first kappa shape index (κ1) is 20.4. The van der Waals surface area contributed by atoms with Crippen molar-refractivity contribution in [2.24, 2.45) is 11.3 Å². The second kappa shape index (κ2) is 6.98. The topological polar surface area (TPSA) is 32.8 Å². The second-order valence-electron chi connectivity index (χ2n) is 11.5. The van der Waals surface area contributed by atoms with Gasteiger partial charge < -0.3 is 14.5 Å². The summed E-state index contributed by atoms with van der Waals surface area (Å²) in [6.45, 7) is 14.6. The second-order valence-corrected chi connectivity index (χ2v) is 11.5. The summed E-state index contributed by atoms with van der Waals surface area (Å²) in [4.78, 5) is 17.9. The zero-order valence-corrected chi connectivity index (χ0v) is 19.5. The summed E-state index contributed by atoms with van der Waals surface area (Å²) in [7, 11) is 0. The van der Waals surface area contributed by atoms with Crippen LogP contribution in [0.3, 0.4) is 0 Å². The van der Waals surface area contributed by atoms with E-state index in [-0.39, 0.29) is 11.0 Å². The van der Waals surface area contributed by atoms with Gasteiger partial charge in [0, 0.05) is 37.2 Å². The molecule has 1 atom stereocenters. The SMILES string of the molecule is CC(C)[C@@H]1CN(c2cc3c(c(C4CC4)c2)COC(C)(C)C3)CCN1C(=O)C1(C)CC1. The molecule has 4 nitrogen and oxygen atoms in total.